The minimum atomic E-state index is -0.420. The van der Waals surface area contributed by atoms with Crippen LogP contribution in [0.4, 0.5) is 5.69 Å². The van der Waals surface area contributed by atoms with Crippen LogP contribution < -0.4 is 4.74 Å². The lowest BCUT2D eigenvalue weighted by Crippen LogP contribution is -2.57. The van der Waals surface area contributed by atoms with Gasteiger partial charge in [0, 0.05) is 12.5 Å². The number of Topliss-reactive ketones (excluding diaryl/α,β-unsaturated/α-hetero) is 1. The molecule has 3 rings (SSSR count). The summed E-state index contributed by atoms with van der Waals surface area (Å²) >= 11 is 0. The van der Waals surface area contributed by atoms with Gasteiger partial charge in [-0.3, -0.25) is 14.9 Å². The minimum Gasteiger partial charge on any atom is -0.482 e. The minimum absolute atomic E-state index is 0.0136. The van der Waals surface area contributed by atoms with Gasteiger partial charge < -0.3 is 4.74 Å². The number of carbonyl (C=O) groups excluding carboxylic acids is 1. The largest absolute Gasteiger partial charge is 0.482 e. The maximum absolute atomic E-state index is 12.1. The lowest BCUT2D eigenvalue weighted by Gasteiger charge is -2.49. The van der Waals surface area contributed by atoms with Gasteiger partial charge in [-0.05, 0) is 31.4 Å². The highest BCUT2D eigenvalue weighted by Crippen LogP contribution is 2.51. The number of ketones is 1. The van der Waals surface area contributed by atoms with E-state index in [1.165, 1.54) is 6.07 Å². The van der Waals surface area contributed by atoms with Crippen molar-refractivity contribution < 1.29 is 14.5 Å². The van der Waals surface area contributed by atoms with E-state index in [4.69, 9.17) is 4.74 Å². The lowest BCUT2D eigenvalue weighted by molar-refractivity contribution is -0.386. The van der Waals surface area contributed by atoms with Gasteiger partial charge in [0.15, 0.2) is 5.75 Å². The van der Waals surface area contributed by atoms with Crippen LogP contribution in [0.3, 0.4) is 0 Å². The van der Waals surface area contributed by atoms with Crippen LogP contribution in [0.1, 0.15) is 44.1 Å². The van der Waals surface area contributed by atoms with Gasteiger partial charge in [-0.1, -0.05) is 25.3 Å². The van der Waals surface area contributed by atoms with Crippen molar-refractivity contribution in [2.75, 3.05) is 0 Å². The highest BCUT2D eigenvalue weighted by Gasteiger charge is 2.56. The van der Waals surface area contributed by atoms with E-state index in [-0.39, 0.29) is 28.7 Å². The molecule has 2 aliphatic carbocycles. The molecule has 1 aromatic carbocycles. The van der Waals surface area contributed by atoms with E-state index < -0.39 is 4.92 Å². The third-order valence-electron chi connectivity index (χ3n) is 4.87. The van der Waals surface area contributed by atoms with Crippen LogP contribution in [0, 0.1) is 22.5 Å². The molecule has 0 radical (unpaired) electrons. The molecule has 2 aliphatic rings. The second-order valence-corrected chi connectivity index (χ2v) is 6.18. The van der Waals surface area contributed by atoms with E-state index in [1.54, 1.807) is 12.1 Å². The molecule has 0 aliphatic heterocycles. The van der Waals surface area contributed by atoms with Gasteiger partial charge in [-0.25, -0.2) is 0 Å². The summed E-state index contributed by atoms with van der Waals surface area (Å²) in [6, 6.07) is 4.96. The summed E-state index contributed by atoms with van der Waals surface area (Å²) in [5.41, 5.74) is 0.434. The number of carbonyl (C=O) groups is 1. The molecule has 1 atom stereocenters. The molecule has 1 aromatic rings. The summed E-state index contributed by atoms with van der Waals surface area (Å²) in [7, 11) is 0. The van der Waals surface area contributed by atoms with Gasteiger partial charge in [0.2, 0.25) is 0 Å². The topological polar surface area (TPSA) is 69.4 Å². The number of ether oxygens (including phenoxy) is 1. The average molecular weight is 289 g/mol. The molecule has 112 valence electrons. The van der Waals surface area contributed by atoms with Gasteiger partial charge in [0.1, 0.15) is 11.9 Å². The Bertz CT molecular complexity index is 590. The van der Waals surface area contributed by atoms with Gasteiger partial charge in [-0.15, -0.1) is 0 Å². The second kappa shape index (κ2) is 5.13. The first-order valence-corrected chi connectivity index (χ1v) is 7.48. The highest BCUT2D eigenvalue weighted by atomic mass is 16.6. The Morgan fingerprint density at radius 3 is 2.62 bits per heavy atom. The Balaban J connectivity index is 1.84. The van der Waals surface area contributed by atoms with Gasteiger partial charge in [0.05, 0.1) is 10.3 Å². The predicted octanol–water partition coefficient (Wildman–Crippen LogP) is 3.57. The second-order valence-electron chi connectivity index (χ2n) is 6.18. The molecule has 0 saturated heterocycles. The molecular weight excluding hydrogens is 270 g/mol. The van der Waals surface area contributed by atoms with Crippen molar-refractivity contribution >= 4 is 11.5 Å². The predicted molar refractivity (Wildman–Crippen MR) is 77.4 cm³/mol. The summed E-state index contributed by atoms with van der Waals surface area (Å²) in [6.45, 7) is 1.81. The standard InChI is InChI=1S/C16H19NO4/c1-11-5-6-13(12(9-11)17(19)20)21-15-10-14(18)16(15)7-3-2-4-8-16/h5-6,9,15H,2-4,7-8,10H2,1H3. The fraction of sp³-hybridized carbons (Fsp3) is 0.562. The summed E-state index contributed by atoms with van der Waals surface area (Å²) in [4.78, 5) is 22.8. The molecule has 1 spiro atoms. The quantitative estimate of drug-likeness (QED) is 0.630. The average Bonchev–Trinajstić information content (AvgIpc) is 2.49. The fourth-order valence-electron chi connectivity index (χ4n) is 3.58. The van der Waals surface area contributed by atoms with Crippen LogP contribution in [0.5, 0.6) is 5.75 Å². The van der Waals surface area contributed by atoms with Crippen molar-refractivity contribution in [3.63, 3.8) is 0 Å². The van der Waals surface area contributed by atoms with Crippen LogP contribution in [-0.2, 0) is 4.79 Å². The first-order valence-electron chi connectivity index (χ1n) is 7.48. The van der Waals surface area contributed by atoms with Crippen molar-refractivity contribution in [2.45, 2.75) is 51.6 Å². The third kappa shape index (κ3) is 2.30. The number of nitro benzene ring substituents is 1. The molecule has 2 saturated carbocycles. The zero-order chi connectivity index (χ0) is 15.0. The monoisotopic (exact) mass is 289 g/mol. The van der Waals surface area contributed by atoms with Crippen LogP contribution in [0.2, 0.25) is 0 Å². The maximum Gasteiger partial charge on any atom is 0.311 e. The van der Waals surface area contributed by atoms with Crippen LogP contribution in [-0.4, -0.2) is 16.8 Å². The van der Waals surface area contributed by atoms with E-state index in [0.717, 1.165) is 37.7 Å². The SMILES string of the molecule is Cc1ccc(OC2CC(=O)C23CCCCC3)c([N+](=O)[O-])c1. The van der Waals surface area contributed by atoms with Crippen molar-refractivity contribution in [2.24, 2.45) is 5.41 Å². The fourth-order valence-corrected chi connectivity index (χ4v) is 3.58. The Kier molecular flexibility index (Phi) is 3.43. The lowest BCUT2D eigenvalue weighted by atomic mass is 9.57. The van der Waals surface area contributed by atoms with Crippen molar-refractivity contribution in [3.05, 3.63) is 33.9 Å². The maximum atomic E-state index is 12.1. The summed E-state index contributed by atoms with van der Waals surface area (Å²) in [6.07, 6.45) is 5.14. The number of nitrogens with zero attached hydrogens (tertiary/aromatic N) is 1. The number of aryl methyl sites for hydroxylation is 1. The van der Waals surface area contributed by atoms with Crippen LogP contribution in [0.15, 0.2) is 18.2 Å². The zero-order valence-electron chi connectivity index (χ0n) is 12.1. The Hall–Kier alpha value is -1.91. The van der Waals surface area contributed by atoms with Crippen LogP contribution in [0.25, 0.3) is 0 Å². The van der Waals surface area contributed by atoms with E-state index in [2.05, 4.69) is 0 Å². The van der Waals surface area contributed by atoms with E-state index in [9.17, 15) is 14.9 Å². The van der Waals surface area contributed by atoms with Crippen molar-refractivity contribution in [3.8, 4) is 5.75 Å². The molecule has 0 aromatic heterocycles. The Morgan fingerprint density at radius 1 is 1.29 bits per heavy atom. The molecule has 0 heterocycles. The molecule has 0 N–H and O–H groups in total. The first kappa shape index (κ1) is 14.0. The zero-order valence-corrected chi connectivity index (χ0v) is 12.1. The highest BCUT2D eigenvalue weighted by molar-refractivity contribution is 5.92. The molecule has 0 amide bonds. The molecule has 5 heteroatoms. The third-order valence-corrected chi connectivity index (χ3v) is 4.87. The number of benzene rings is 1. The number of hydrogen-bond acceptors (Lipinski definition) is 4. The van der Waals surface area contributed by atoms with Gasteiger partial charge in [-0.2, -0.15) is 0 Å². The van der Waals surface area contributed by atoms with Crippen molar-refractivity contribution in [1.82, 2.24) is 0 Å². The first-order chi connectivity index (χ1) is 10.0. The number of nitro groups is 1. The molecule has 1 unspecified atom stereocenters. The van der Waals surface area contributed by atoms with Gasteiger partial charge >= 0.3 is 5.69 Å². The van der Waals surface area contributed by atoms with E-state index >= 15 is 0 Å². The van der Waals surface area contributed by atoms with Crippen molar-refractivity contribution in [1.29, 1.82) is 0 Å². The molecule has 2 fully saturated rings. The van der Waals surface area contributed by atoms with Crippen LogP contribution >= 0.6 is 0 Å². The summed E-state index contributed by atoms with van der Waals surface area (Å²) < 4.78 is 5.90. The molecule has 5 nitrogen and oxygen atoms in total. The molecular formula is C16H19NO4. The number of hydrogen-bond donors (Lipinski definition) is 0. The summed E-state index contributed by atoms with van der Waals surface area (Å²) in [5, 5.41) is 11.2. The normalized spacial score (nSPS) is 23.7. The van der Waals surface area contributed by atoms with E-state index in [0.29, 0.717) is 6.42 Å². The smallest absolute Gasteiger partial charge is 0.311 e. The Labute approximate surface area is 123 Å². The molecule has 21 heavy (non-hydrogen) atoms. The van der Waals surface area contributed by atoms with Gasteiger partial charge in [0.25, 0.3) is 0 Å². The number of rotatable bonds is 3. The summed E-state index contributed by atoms with van der Waals surface area (Å²) in [5.74, 6) is 0.551. The van der Waals surface area contributed by atoms with E-state index in [1.807, 2.05) is 6.92 Å². The molecule has 0 bridgehead atoms. The Morgan fingerprint density at radius 2 is 2.00 bits per heavy atom.